The lowest BCUT2D eigenvalue weighted by atomic mass is 10.0. The van der Waals surface area contributed by atoms with Crippen LogP contribution in [0.1, 0.15) is 343 Å². The summed E-state index contributed by atoms with van der Waals surface area (Å²) in [6, 6.07) is 0. The van der Waals surface area contributed by atoms with Crippen molar-refractivity contribution in [1.82, 2.24) is 0 Å². The molecule has 0 aliphatic carbocycles. The number of carbonyl (C=O) groups excluding carboxylic acids is 4. The molecule has 0 heterocycles. The topological polar surface area (TPSA) is 237 Å². The Bertz CT molecular complexity index is 1830. The van der Waals surface area contributed by atoms with Gasteiger partial charge in [0.2, 0.25) is 0 Å². The fourth-order valence-electron chi connectivity index (χ4n) is 10.3. The molecule has 0 bridgehead atoms. The van der Waals surface area contributed by atoms with E-state index in [1.54, 1.807) is 0 Å². The third-order valence-electron chi connectivity index (χ3n) is 15.9. The predicted octanol–water partition coefficient (Wildman–Crippen LogP) is 20.1. The third-order valence-corrected chi connectivity index (χ3v) is 17.8. The van der Waals surface area contributed by atoms with Crippen LogP contribution >= 0.6 is 15.6 Å². The standard InChI is InChI=1S/C71H134O17P2/c1-6-9-12-15-18-21-23-24-25-28-32-35-40-45-50-55-69(74)82-61-67(88-71(76)57-52-47-42-37-33-29-26-27-31-34-38-43-48-53-64(4)5)63-86-90(79,80)84-59-65(72)58-83-89(77,78)85-62-66(60-81-68(73)54-49-44-39-20-17-14-11-8-3)87-70(75)56-51-46-41-36-30-22-19-16-13-10-7-2/h21,23-25,64-67,72H,6-20,22,26-63H2,1-5H3,(H,77,78)(H,79,80)/b23-21-,25-24-/t65-,66+,67+/m0/s1. The van der Waals surface area contributed by atoms with E-state index < -0.39 is 97.5 Å². The fourth-order valence-corrected chi connectivity index (χ4v) is 11.9. The highest BCUT2D eigenvalue weighted by atomic mass is 31.2. The zero-order valence-corrected chi connectivity index (χ0v) is 59.5. The maximum atomic E-state index is 13.0. The first-order valence-electron chi connectivity index (χ1n) is 36.5. The number of ether oxygens (including phenoxy) is 4. The summed E-state index contributed by atoms with van der Waals surface area (Å²) in [5.41, 5.74) is 0. The number of rotatable bonds is 69. The molecule has 0 amide bonds. The van der Waals surface area contributed by atoms with Crippen molar-refractivity contribution in [3.05, 3.63) is 24.3 Å². The summed E-state index contributed by atoms with van der Waals surface area (Å²) >= 11 is 0. The number of allylic oxidation sites excluding steroid dienone is 4. The number of phosphoric acid groups is 2. The molecule has 530 valence electrons. The Morgan fingerprint density at radius 2 is 0.600 bits per heavy atom. The Morgan fingerprint density at radius 3 is 0.911 bits per heavy atom. The lowest BCUT2D eigenvalue weighted by Gasteiger charge is -2.21. The van der Waals surface area contributed by atoms with Gasteiger partial charge in [-0.3, -0.25) is 37.3 Å². The first kappa shape index (κ1) is 87.5. The van der Waals surface area contributed by atoms with E-state index >= 15 is 0 Å². The van der Waals surface area contributed by atoms with Crippen molar-refractivity contribution >= 4 is 39.5 Å². The van der Waals surface area contributed by atoms with Crippen LogP contribution in [-0.2, 0) is 65.4 Å². The van der Waals surface area contributed by atoms with Crippen molar-refractivity contribution in [2.45, 2.75) is 361 Å². The van der Waals surface area contributed by atoms with E-state index in [0.717, 1.165) is 121 Å². The minimum atomic E-state index is -4.96. The quantitative estimate of drug-likeness (QED) is 0.0169. The second-order valence-corrected chi connectivity index (χ2v) is 28.3. The predicted molar refractivity (Wildman–Crippen MR) is 363 cm³/mol. The van der Waals surface area contributed by atoms with Crippen molar-refractivity contribution in [2.75, 3.05) is 39.6 Å². The van der Waals surface area contributed by atoms with Gasteiger partial charge in [-0.25, -0.2) is 9.13 Å². The fraction of sp³-hybridized carbons (Fsp3) is 0.887. The Balaban J connectivity index is 5.26. The molecular formula is C71H134O17P2. The van der Waals surface area contributed by atoms with E-state index in [0.29, 0.717) is 25.7 Å². The lowest BCUT2D eigenvalue weighted by molar-refractivity contribution is -0.161. The van der Waals surface area contributed by atoms with Gasteiger partial charge in [0.05, 0.1) is 26.4 Å². The van der Waals surface area contributed by atoms with Gasteiger partial charge in [-0.15, -0.1) is 0 Å². The first-order valence-corrected chi connectivity index (χ1v) is 39.4. The van der Waals surface area contributed by atoms with Crippen LogP contribution in [0, 0.1) is 5.92 Å². The molecule has 0 aliphatic rings. The summed E-state index contributed by atoms with van der Waals surface area (Å²) in [4.78, 5) is 72.5. The van der Waals surface area contributed by atoms with E-state index in [1.165, 1.54) is 141 Å². The maximum Gasteiger partial charge on any atom is 0.472 e. The summed E-state index contributed by atoms with van der Waals surface area (Å²) < 4.78 is 68.2. The van der Waals surface area contributed by atoms with Crippen molar-refractivity contribution in [1.29, 1.82) is 0 Å². The van der Waals surface area contributed by atoms with Crippen molar-refractivity contribution < 1.29 is 80.2 Å². The monoisotopic (exact) mass is 1320 g/mol. The summed E-state index contributed by atoms with van der Waals surface area (Å²) in [6.45, 7) is 7.17. The zero-order valence-electron chi connectivity index (χ0n) is 57.8. The van der Waals surface area contributed by atoms with Crippen LogP contribution in [0.2, 0.25) is 0 Å². The molecule has 0 fully saturated rings. The average Bonchev–Trinajstić information content (AvgIpc) is 3.68. The van der Waals surface area contributed by atoms with Crippen LogP contribution in [0.3, 0.4) is 0 Å². The van der Waals surface area contributed by atoms with Crippen LogP contribution in [0.15, 0.2) is 24.3 Å². The molecule has 0 rings (SSSR count). The van der Waals surface area contributed by atoms with Crippen molar-refractivity contribution in [2.24, 2.45) is 5.92 Å². The smallest absolute Gasteiger partial charge is 0.462 e. The van der Waals surface area contributed by atoms with E-state index in [1.807, 2.05) is 0 Å². The molecule has 0 saturated heterocycles. The van der Waals surface area contributed by atoms with Gasteiger partial charge in [0.15, 0.2) is 12.2 Å². The van der Waals surface area contributed by atoms with Crippen molar-refractivity contribution in [3.63, 3.8) is 0 Å². The average molecular weight is 1320 g/mol. The number of hydrogen-bond donors (Lipinski definition) is 3. The van der Waals surface area contributed by atoms with E-state index in [9.17, 15) is 43.2 Å². The number of esters is 4. The lowest BCUT2D eigenvalue weighted by Crippen LogP contribution is -2.30. The number of aliphatic hydroxyl groups is 1. The first-order chi connectivity index (χ1) is 43.5. The SMILES string of the molecule is CCCCCC/C=C\C=C/CCCCCCCC(=O)OC[C@H](COP(=O)(O)OC[C@@H](O)COP(=O)(O)OC[C@@H](COC(=O)CCCCCCCCCC)OC(=O)CCCCCCCCCCCCC)OC(=O)CCCCCCCCCCCCCCCC(C)C. The minimum Gasteiger partial charge on any atom is -0.462 e. The summed E-state index contributed by atoms with van der Waals surface area (Å²) in [5, 5.41) is 10.6. The van der Waals surface area contributed by atoms with Gasteiger partial charge < -0.3 is 33.8 Å². The van der Waals surface area contributed by atoms with Crippen LogP contribution in [-0.4, -0.2) is 96.7 Å². The van der Waals surface area contributed by atoms with Crippen LogP contribution in [0.25, 0.3) is 0 Å². The largest absolute Gasteiger partial charge is 0.472 e. The molecule has 19 heteroatoms. The molecule has 3 N–H and O–H groups in total. The van der Waals surface area contributed by atoms with Gasteiger partial charge in [-0.2, -0.15) is 0 Å². The number of aliphatic hydroxyl groups excluding tert-OH is 1. The Labute approximate surface area is 548 Å². The second-order valence-electron chi connectivity index (χ2n) is 25.4. The highest BCUT2D eigenvalue weighted by Crippen LogP contribution is 2.45. The van der Waals surface area contributed by atoms with Crippen molar-refractivity contribution in [3.8, 4) is 0 Å². The molecule has 0 aromatic heterocycles. The Kier molecular flexibility index (Phi) is 62.2. The molecule has 17 nitrogen and oxygen atoms in total. The van der Waals surface area contributed by atoms with E-state index in [2.05, 4.69) is 58.9 Å². The molecule has 0 aromatic carbocycles. The number of unbranched alkanes of at least 4 members (excludes halogenated alkanes) is 38. The number of carbonyl (C=O) groups is 4. The van der Waals surface area contributed by atoms with Crippen LogP contribution in [0.4, 0.5) is 0 Å². The summed E-state index contributed by atoms with van der Waals surface area (Å²) in [6.07, 6.45) is 53.5. The van der Waals surface area contributed by atoms with E-state index in [4.69, 9.17) is 37.0 Å². The molecule has 90 heavy (non-hydrogen) atoms. The molecule has 0 saturated carbocycles. The molecule has 0 radical (unpaired) electrons. The van der Waals surface area contributed by atoms with Gasteiger partial charge in [-0.05, 0) is 57.3 Å². The molecule has 2 unspecified atom stereocenters. The Hall–Kier alpha value is -2.46. The summed E-state index contributed by atoms with van der Waals surface area (Å²) in [5.74, 6) is -1.37. The number of phosphoric ester groups is 2. The Morgan fingerprint density at radius 1 is 0.344 bits per heavy atom. The maximum absolute atomic E-state index is 13.0. The molecule has 0 aliphatic heterocycles. The highest BCUT2D eigenvalue weighted by molar-refractivity contribution is 7.47. The zero-order chi connectivity index (χ0) is 66.3. The van der Waals surface area contributed by atoms with Crippen LogP contribution in [0.5, 0.6) is 0 Å². The van der Waals surface area contributed by atoms with Gasteiger partial charge in [0.25, 0.3) is 0 Å². The summed E-state index contributed by atoms with van der Waals surface area (Å²) in [7, 11) is -9.91. The molecule has 0 aromatic rings. The molecule has 0 spiro atoms. The molecular weight excluding hydrogens is 1190 g/mol. The van der Waals surface area contributed by atoms with Crippen LogP contribution < -0.4 is 0 Å². The van der Waals surface area contributed by atoms with Gasteiger partial charge in [-0.1, -0.05) is 290 Å². The normalized spacial score (nSPS) is 14.2. The second kappa shape index (κ2) is 63.9. The van der Waals surface area contributed by atoms with E-state index in [-0.39, 0.29) is 25.7 Å². The third kappa shape index (κ3) is 64.3. The highest BCUT2D eigenvalue weighted by Gasteiger charge is 2.30. The minimum absolute atomic E-state index is 0.100. The number of hydrogen-bond acceptors (Lipinski definition) is 15. The van der Waals surface area contributed by atoms with Gasteiger partial charge in [0, 0.05) is 25.7 Å². The van der Waals surface area contributed by atoms with Gasteiger partial charge in [0.1, 0.15) is 19.3 Å². The molecule has 5 atom stereocenters. The van der Waals surface area contributed by atoms with Gasteiger partial charge >= 0.3 is 39.5 Å².